The lowest BCUT2D eigenvalue weighted by Crippen LogP contribution is -2.04. The van der Waals surface area contributed by atoms with Crippen LogP contribution < -0.4 is 9.47 Å². The van der Waals surface area contributed by atoms with Crippen LogP contribution in [0.1, 0.15) is 12.1 Å². The number of aromatic amines is 1. The van der Waals surface area contributed by atoms with Gasteiger partial charge >= 0.3 is 6.18 Å². The summed E-state index contributed by atoms with van der Waals surface area (Å²) in [5, 5.41) is 5.71. The standard InChI is InChI=1S/C13H10BrF3N2O2/c14-8-5-11-10(20-2-1-3-21-11)4-7(8)9-6-12(19-18-9)13(15,16)17/h4-6H,1-3H2,(H,18,19). The number of benzene rings is 1. The van der Waals surface area contributed by atoms with Crippen molar-refractivity contribution in [3.8, 4) is 22.8 Å². The highest BCUT2D eigenvalue weighted by atomic mass is 79.9. The molecule has 2 aromatic rings. The van der Waals surface area contributed by atoms with Crippen molar-refractivity contribution >= 4 is 15.9 Å². The minimum atomic E-state index is -4.46. The van der Waals surface area contributed by atoms with Gasteiger partial charge in [-0.3, -0.25) is 5.10 Å². The first-order valence-corrected chi connectivity index (χ1v) is 6.96. The summed E-state index contributed by atoms with van der Waals surface area (Å²) >= 11 is 3.33. The zero-order valence-electron chi connectivity index (χ0n) is 10.6. The molecule has 1 aromatic carbocycles. The molecule has 0 spiro atoms. The van der Waals surface area contributed by atoms with Crippen LogP contribution in [0.2, 0.25) is 0 Å². The molecule has 8 heteroatoms. The number of alkyl halides is 3. The normalized spacial score (nSPS) is 14.9. The predicted molar refractivity (Wildman–Crippen MR) is 72.3 cm³/mol. The number of fused-ring (bicyclic) bond motifs is 1. The van der Waals surface area contributed by atoms with Crippen molar-refractivity contribution in [3.05, 3.63) is 28.4 Å². The third kappa shape index (κ3) is 2.85. The number of aromatic nitrogens is 2. The fourth-order valence-corrected chi connectivity index (χ4v) is 2.51. The number of halogens is 4. The van der Waals surface area contributed by atoms with Crippen LogP contribution in [0, 0.1) is 0 Å². The number of ether oxygens (including phenoxy) is 2. The molecule has 0 amide bonds. The molecule has 21 heavy (non-hydrogen) atoms. The molecule has 0 saturated heterocycles. The molecule has 0 aliphatic carbocycles. The summed E-state index contributed by atoms with van der Waals surface area (Å²) in [6, 6.07) is 4.27. The molecule has 0 unspecified atom stereocenters. The quantitative estimate of drug-likeness (QED) is 0.833. The summed E-state index contributed by atoms with van der Waals surface area (Å²) in [5.41, 5.74) is -0.202. The average Bonchev–Trinajstić information content (AvgIpc) is 2.80. The van der Waals surface area contributed by atoms with Crippen molar-refractivity contribution in [1.29, 1.82) is 0 Å². The number of hydrogen-bond acceptors (Lipinski definition) is 3. The summed E-state index contributed by atoms with van der Waals surface area (Å²) in [7, 11) is 0. The predicted octanol–water partition coefficient (Wildman–Crippen LogP) is 4.02. The molecule has 1 aromatic heterocycles. The molecule has 112 valence electrons. The second-order valence-electron chi connectivity index (χ2n) is 4.49. The van der Waals surface area contributed by atoms with Gasteiger partial charge in [0.05, 0.1) is 18.9 Å². The molecule has 0 radical (unpaired) electrons. The highest BCUT2D eigenvalue weighted by Gasteiger charge is 2.33. The van der Waals surface area contributed by atoms with E-state index in [4.69, 9.17) is 9.47 Å². The minimum absolute atomic E-state index is 0.185. The van der Waals surface area contributed by atoms with E-state index >= 15 is 0 Å². The van der Waals surface area contributed by atoms with Crippen LogP contribution in [-0.2, 0) is 6.18 Å². The first-order valence-electron chi connectivity index (χ1n) is 6.17. The van der Waals surface area contributed by atoms with Crippen LogP contribution in [0.5, 0.6) is 11.5 Å². The van der Waals surface area contributed by atoms with Crippen molar-refractivity contribution in [3.63, 3.8) is 0 Å². The maximum absolute atomic E-state index is 12.6. The van der Waals surface area contributed by atoms with Crippen LogP contribution >= 0.6 is 15.9 Å². The molecule has 0 saturated carbocycles. The van der Waals surface area contributed by atoms with E-state index in [-0.39, 0.29) is 5.69 Å². The van der Waals surface area contributed by atoms with Gasteiger partial charge in [0.25, 0.3) is 0 Å². The Labute approximate surface area is 126 Å². The SMILES string of the molecule is FC(F)(F)c1cc(-c2cc3c(cc2Br)OCCCO3)n[nH]1. The summed E-state index contributed by atoms with van der Waals surface area (Å²) in [6.07, 6.45) is -3.70. The van der Waals surface area contributed by atoms with Crippen molar-refractivity contribution in [2.45, 2.75) is 12.6 Å². The largest absolute Gasteiger partial charge is 0.490 e. The fourth-order valence-electron chi connectivity index (χ4n) is 1.99. The van der Waals surface area contributed by atoms with E-state index in [1.807, 2.05) is 5.10 Å². The maximum Gasteiger partial charge on any atom is 0.432 e. The fraction of sp³-hybridized carbons (Fsp3) is 0.308. The Morgan fingerprint density at radius 2 is 1.76 bits per heavy atom. The summed E-state index contributed by atoms with van der Waals surface area (Å²) in [5.74, 6) is 1.07. The third-order valence-electron chi connectivity index (χ3n) is 3.00. The van der Waals surface area contributed by atoms with Crippen LogP contribution in [0.3, 0.4) is 0 Å². The van der Waals surface area contributed by atoms with Gasteiger partial charge in [0.1, 0.15) is 5.69 Å². The van der Waals surface area contributed by atoms with E-state index in [0.29, 0.717) is 34.7 Å². The summed E-state index contributed by atoms with van der Waals surface area (Å²) < 4.78 is 49.5. The molecule has 0 atom stereocenters. The van der Waals surface area contributed by atoms with Crippen LogP contribution in [0.4, 0.5) is 13.2 Å². The molecule has 1 N–H and O–H groups in total. The highest BCUT2D eigenvalue weighted by Crippen LogP contribution is 2.40. The number of rotatable bonds is 1. The van der Waals surface area contributed by atoms with Gasteiger partial charge in [-0.05, 0) is 34.1 Å². The van der Waals surface area contributed by atoms with Crippen LogP contribution in [-0.4, -0.2) is 23.4 Å². The van der Waals surface area contributed by atoms with E-state index in [2.05, 4.69) is 21.0 Å². The lowest BCUT2D eigenvalue weighted by atomic mass is 10.1. The summed E-state index contributed by atoms with van der Waals surface area (Å²) in [6.45, 7) is 1.04. The monoisotopic (exact) mass is 362 g/mol. The molecular weight excluding hydrogens is 353 g/mol. The van der Waals surface area contributed by atoms with E-state index < -0.39 is 11.9 Å². The van der Waals surface area contributed by atoms with Crippen molar-refractivity contribution in [2.24, 2.45) is 0 Å². The third-order valence-corrected chi connectivity index (χ3v) is 3.65. The number of nitrogens with one attached hydrogen (secondary N) is 1. The minimum Gasteiger partial charge on any atom is -0.490 e. The van der Waals surface area contributed by atoms with Crippen molar-refractivity contribution < 1.29 is 22.6 Å². The van der Waals surface area contributed by atoms with Gasteiger partial charge in [0.2, 0.25) is 0 Å². The molecule has 4 nitrogen and oxygen atoms in total. The topological polar surface area (TPSA) is 47.1 Å². The van der Waals surface area contributed by atoms with Gasteiger partial charge in [0.15, 0.2) is 11.5 Å². The van der Waals surface area contributed by atoms with Gasteiger partial charge in [0, 0.05) is 16.5 Å². The zero-order valence-corrected chi connectivity index (χ0v) is 12.2. The number of H-pyrrole nitrogens is 1. The first kappa shape index (κ1) is 14.2. The zero-order chi connectivity index (χ0) is 15.0. The Bertz CT molecular complexity index is 670. The second-order valence-corrected chi connectivity index (χ2v) is 5.35. The van der Waals surface area contributed by atoms with Gasteiger partial charge in [-0.2, -0.15) is 18.3 Å². The Balaban J connectivity index is 2.02. The number of hydrogen-bond donors (Lipinski definition) is 1. The Morgan fingerprint density at radius 3 is 2.38 bits per heavy atom. The van der Waals surface area contributed by atoms with E-state index in [0.717, 1.165) is 12.5 Å². The van der Waals surface area contributed by atoms with E-state index in [9.17, 15) is 13.2 Å². The lowest BCUT2D eigenvalue weighted by Gasteiger charge is -2.10. The highest BCUT2D eigenvalue weighted by molar-refractivity contribution is 9.10. The molecule has 0 bridgehead atoms. The molecule has 0 fully saturated rings. The maximum atomic E-state index is 12.6. The van der Waals surface area contributed by atoms with Crippen molar-refractivity contribution in [2.75, 3.05) is 13.2 Å². The second kappa shape index (κ2) is 5.25. The van der Waals surface area contributed by atoms with Gasteiger partial charge in [-0.15, -0.1) is 0 Å². The Kier molecular flexibility index (Phi) is 3.56. The van der Waals surface area contributed by atoms with Gasteiger partial charge in [-0.25, -0.2) is 0 Å². The van der Waals surface area contributed by atoms with E-state index in [1.54, 1.807) is 12.1 Å². The molecule has 2 heterocycles. The smallest absolute Gasteiger partial charge is 0.432 e. The average molecular weight is 363 g/mol. The van der Waals surface area contributed by atoms with Crippen LogP contribution in [0.15, 0.2) is 22.7 Å². The molecular formula is C13H10BrF3N2O2. The molecule has 1 aliphatic heterocycles. The Morgan fingerprint density at radius 1 is 1.10 bits per heavy atom. The van der Waals surface area contributed by atoms with Gasteiger partial charge < -0.3 is 9.47 Å². The van der Waals surface area contributed by atoms with Crippen molar-refractivity contribution in [1.82, 2.24) is 10.2 Å². The van der Waals surface area contributed by atoms with Crippen LogP contribution in [0.25, 0.3) is 11.3 Å². The molecule has 3 rings (SSSR count). The lowest BCUT2D eigenvalue weighted by molar-refractivity contribution is -0.141. The summed E-state index contributed by atoms with van der Waals surface area (Å²) in [4.78, 5) is 0. The molecule has 1 aliphatic rings. The van der Waals surface area contributed by atoms with E-state index in [1.165, 1.54) is 0 Å². The Hall–Kier alpha value is -1.70. The first-order chi connectivity index (χ1) is 9.95. The number of nitrogens with zero attached hydrogens (tertiary/aromatic N) is 1. The van der Waals surface area contributed by atoms with Gasteiger partial charge in [-0.1, -0.05) is 0 Å².